The fourth-order valence-corrected chi connectivity index (χ4v) is 9.89. The Bertz CT molecular complexity index is 803. The Balaban J connectivity index is 1.71. The van der Waals surface area contributed by atoms with Crippen LogP contribution in [-0.2, 0) is 18.7 Å². The van der Waals surface area contributed by atoms with E-state index < -0.39 is 19.2 Å². The standard InChI is InChI=1S/C23H35O5P/c1-5-28-29(26,27)20-13-19-17-7-6-15-12-16(25)8-10-22(15,3)18(17)9-11-23(19,4)21(20)14(2)24/h12,17-21H,5-11,13H2,1-4H3,(H,26,27). The highest BCUT2D eigenvalue weighted by Gasteiger charge is 2.65. The first kappa shape index (κ1) is 21.5. The van der Waals surface area contributed by atoms with E-state index in [4.69, 9.17) is 4.52 Å². The number of fused-ring (bicyclic) bond motifs is 5. The van der Waals surface area contributed by atoms with Crippen LogP contribution in [0.5, 0.6) is 0 Å². The molecular weight excluding hydrogens is 387 g/mol. The topological polar surface area (TPSA) is 80.7 Å². The molecule has 6 heteroatoms. The first-order valence-electron chi connectivity index (χ1n) is 11.3. The van der Waals surface area contributed by atoms with Gasteiger partial charge in [-0.05, 0) is 87.0 Å². The molecule has 0 spiro atoms. The highest BCUT2D eigenvalue weighted by molar-refractivity contribution is 7.53. The molecule has 162 valence electrons. The lowest BCUT2D eigenvalue weighted by Crippen LogP contribution is -2.51. The summed E-state index contributed by atoms with van der Waals surface area (Å²) in [7, 11) is -3.84. The molecule has 1 N–H and O–H groups in total. The van der Waals surface area contributed by atoms with Gasteiger partial charge < -0.3 is 9.42 Å². The zero-order valence-electron chi connectivity index (χ0n) is 18.1. The molecule has 0 radical (unpaired) electrons. The van der Waals surface area contributed by atoms with Gasteiger partial charge in [0.25, 0.3) is 0 Å². The maximum atomic E-state index is 13.0. The maximum absolute atomic E-state index is 13.0. The molecule has 29 heavy (non-hydrogen) atoms. The summed E-state index contributed by atoms with van der Waals surface area (Å²) >= 11 is 0. The molecule has 0 bridgehead atoms. The van der Waals surface area contributed by atoms with Crippen LogP contribution in [0.4, 0.5) is 0 Å². The molecule has 0 amide bonds. The van der Waals surface area contributed by atoms with Crippen molar-refractivity contribution in [1.29, 1.82) is 0 Å². The van der Waals surface area contributed by atoms with Crippen molar-refractivity contribution in [3.05, 3.63) is 11.6 Å². The average molecular weight is 423 g/mol. The van der Waals surface area contributed by atoms with E-state index in [0.717, 1.165) is 32.1 Å². The van der Waals surface area contributed by atoms with Crippen LogP contribution in [0.2, 0.25) is 0 Å². The Morgan fingerprint density at radius 2 is 1.97 bits per heavy atom. The molecule has 0 heterocycles. The third kappa shape index (κ3) is 3.15. The van der Waals surface area contributed by atoms with Gasteiger partial charge in [-0.2, -0.15) is 0 Å². The molecule has 0 aromatic carbocycles. The van der Waals surface area contributed by atoms with Gasteiger partial charge in [-0.25, -0.2) is 0 Å². The summed E-state index contributed by atoms with van der Waals surface area (Å²) in [4.78, 5) is 35.4. The predicted octanol–water partition coefficient (Wildman–Crippen LogP) is 4.92. The van der Waals surface area contributed by atoms with Crippen molar-refractivity contribution in [2.75, 3.05) is 6.61 Å². The Hall–Kier alpha value is -0.770. The van der Waals surface area contributed by atoms with E-state index in [9.17, 15) is 19.0 Å². The third-order valence-electron chi connectivity index (χ3n) is 9.16. The van der Waals surface area contributed by atoms with Crippen molar-refractivity contribution in [2.24, 2.45) is 34.5 Å². The van der Waals surface area contributed by atoms with Crippen LogP contribution in [0.25, 0.3) is 0 Å². The average Bonchev–Trinajstić information content (AvgIpc) is 2.96. The number of ketones is 2. The lowest BCUT2D eigenvalue weighted by atomic mass is 9.46. The number of hydrogen-bond donors (Lipinski definition) is 1. The Morgan fingerprint density at radius 3 is 2.62 bits per heavy atom. The van der Waals surface area contributed by atoms with Crippen molar-refractivity contribution in [2.45, 2.75) is 78.3 Å². The molecule has 8 atom stereocenters. The predicted molar refractivity (Wildman–Crippen MR) is 112 cm³/mol. The molecule has 4 aliphatic carbocycles. The summed E-state index contributed by atoms with van der Waals surface area (Å²) in [6, 6.07) is 0. The van der Waals surface area contributed by atoms with Gasteiger partial charge in [0.2, 0.25) is 0 Å². The highest BCUT2D eigenvalue weighted by atomic mass is 31.2. The van der Waals surface area contributed by atoms with E-state index >= 15 is 0 Å². The Labute approximate surface area is 174 Å². The van der Waals surface area contributed by atoms with Crippen molar-refractivity contribution in [1.82, 2.24) is 0 Å². The quantitative estimate of drug-likeness (QED) is 0.650. The first-order chi connectivity index (χ1) is 13.5. The lowest BCUT2D eigenvalue weighted by molar-refractivity contribution is -0.128. The van der Waals surface area contributed by atoms with Gasteiger partial charge in [0.05, 0.1) is 12.3 Å². The number of rotatable bonds is 4. The van der Waals surface area contributed by atoms with Gasteiger partial charge in [-0.3, -0.25) is 14.2 Å². The van der Waals surface area contributed by atoms with E-state index in [-0.39, 0.29) is 34.9 Å². The molecule has 3 saturated carbocycles. The fraction of sp³-hybridized carbons (Fsp3) is 0.826. The zero-order valence-corrected chi connectivity index (χ0v) is 19.0. The summed E-state index contributed by atoms with van der Waals surface area (Å²) in [6.45, 7) is 8.01. The lowest BCUT2D eigenvalue weighted by Gasteiger charge is -2.58. The molecule has 5 nitrogen and oxygen atoms in total. The van der Waals surface area contributed by atoms with Crippen LogP contribution < -0.4 is 0 Å². The largest absolute Gasteiger partial charge is 0.331 e. The summed E-state index contributed by atoms with van der Waals surface area (Å²) in [6.07, 6.45) is 7.93. The van der Waals surface area contributed by atoms with Crippen LogP contribution >= 0.6 is 7.60 Å². The van der Waals surface area contributed by atoms with Crippen LogP contribution in [0.3, 0.4) is 0 Å². The first-order valence-corrected chi connectivity index (χ1v) is 12.9. The molecule has 4 aliphatic rings. The van der Waals surface area contributed by atoms with Gasteiger partial charge >= 0.3 is 7.60 Å². The molecule has 8 unspecified atom stereocenters. The Kier molecular flexibility index (Phi) is 5.28. The van der Waals surface area contributed by atoms with E-state index in [1.807, 2.05) is 6.08 Å². The highest BCUT2D eigenvalue weighted by Crippen LogP contribution is 2.71. The summed E-state index contributed by atoms with van der Waals surface area (Å²) in [5.41, 5.74) is 0.546. The van der Waals surface area contributed by atoms with Crippen LogP contribution in [0.15, 0.2) is 11.6 Å². The van der Waals surface area contributed by atoms with Gasteiger partial charge in [0.15, 0.2) is 5.78 Å². The van der Waals surface area contributed by atoms with E-state index in [1.54, 1.807) is 13.8 Å². The maximum Gasteiger partial charge on any atom is 0.331 e. The number of allylic oxidation sites excluding steroid dienone is 1. The minimum Gasteiger partial charge on any atom is -0.324 e. The van der Waals surface area contributed by atoms with E-state index in [0.29, 0.717) is 24.7 Å². The van der Waals surface area contributed by atoms with Crippen molar-refractivity contribution in [3.8, 4) is 0 Å². The number of carbonyl (C=O) groups is 2. The number of carbonyl (C=O) groups excluding carboxylic acids is 2. The Morgan fingerprint density at radius 1 is 1.24 bits per heavy atom. The molecule has 0 aromatic heterocycles. The molecule has 0 saturated heterocycles. The molecule has 0 aromatic rings. The van der Waals surface area contributed by atoms with Crippen LogP contribution in [-0.4, -0.2) is 28.7 Å². The molecular formula is C23H35O5P. The minimum absolute atomic E-state index is 0.0262. The third-order valence-corrected chi connectivity index (χ3v) is 11.1. The fourth-order valence-electron chi connectivity index (χ4n) is 7.91. The number of Topliss-reactive ketones (excluding diaryl/α,β-unsaturated/α-hetero) is 1. The second-order valence-electron chi connectivity index (χ2n) is 10.4. The molecule has 3 fully saturated rings. The zero-order chi connectivity index (χ0) is 21.2. The second-order valence-corrected chi connectivity index (χ2v) is 12.4. The minimum atomic E-state index is -3.84. The van der Waals surface area contributed by atoms with E-state index in [1.165, 1.54) is 5.57 Å². The molecule has 0 aliphatic heterocycles. The van der Waals surface area contributed by atoms with Crippen molar-refractivity contribution < 1.29 is 23.6 Å². The van der Waals surface area contributed by atoms with Crippen LogP contribution in [0, 0.1) is 34.5 Å². The van der Waals surface area contributed by atoms with Gasteiger partial charge in [0, 0.05) is 12.3 Å². The monoisotopic (exact) mass is 422 g/mol. The molecule has 4 rings (SSSR count). The second kappa shape index (κ2) is 7.14. The van der Waals surface area contributed by atoms with Gasteiger partial charge in [-0.15, -0.1) is 0 Å². The summed E-state index contributed by atoms with van der Waals surface area (Å²) in [5, 5.41) is 0. The summed E-state index contributed by atoms with van der Waals surface area (Å²) < 4.78 is 18.3. The normalized spacial score (nSPS) is 46.2. The van der Waals surface area contributed by atoms with Crippen LogP contribution in [0.1, 0.15) is 72.6 Å². The van der Waals surface area contributed by atoms with Crippen molar-refractivity contribution >= 4 is 19.2 Å². The van der Waals surface area contributed by atoms with Crippen molar-refractivity contribution in [3.63, 3.8) is 0 Å². The number of hydrogen-bond acceptors (Lipinski definition) is 4. The van der Waals surface area contributed by atoms with E-state index in [2.05, 4.69) is 13.8 Å². The van der Waals surface area contributed by atoms with Gasteiger partial charge in [0.1, 0.15) is 5.78 Å². The summed E-state index contributed by atoms with van der Waals surface area (Å²) in [5.74, 6) is 1.07. The smallest absolute Gasteiger partial charge is 0.324 e. The SMILES string of the molecule is CCOP(=O)(O)C1CC2C3CCC4=CC(=O)CCC4(C)C3CCC2(C)C1C(C)=O. The van der Waals surface area contributed by atoms with Gasteiger partial charge in [-0.1, -0.05) is 19.4 Å².